The lowest BCUT2D eigenvalue weighted by molar-refractivity contribution is -0.119. The van der Waals surface area contributed by atoms with Gasteiger partial charge in [0.1, 0.15) is 5.75 Å². The van der Waals surface area contributed by atoms with Crippen LogP contribution in [0.25, 0.3) is 0 Å². The van der Waals surface area contributed by atoms with E-state index in [1.54, 1.807) is 24.3 Å². The smallest absolute Gasteiger partial charge is 0.255 e. The van der Waals surface area contributed by atoms with Gasteiger partial charge in [0.05, 0.1) is 0 Å². The van der Waals surface area contributed by atoms with E-state index in [4.69, 9.17) is 10.5 Å². The van der Waals surface area contributed by atoms with Crippen molar-refractivity contribution in [2.24, 2.45) is 5.73 Å². The Morgan fingerprint density at radius 1 is 1.30 bits per heavy atom. The highest BCUT2D eigenvalue weighted by Gasteiger charge is 2.23. The number of carbonyl (C=O) groups excluding carboxylic acids is 2. The fourth-order valence-corrected chi connectivity index (χ4v) is 3.96. The third kappa shape index (κ3) is 5.78. The van der Waals surface area contributed by atoms with Crippen LogP contribution in [0.2, 0.25) is 0 Å². The maximum absolute atomic E-state index is 12.3. The Labute approximate surface area is 141 Å². The second-order valence-corrected chi connectivity index (χ2v) is 7.27. The first-order chi connectivity index (χ1) is 11.1. The molecule has 0 spiro atoms. The van der Waals surface area contributed by atoms with Crippen molar-refractivity contribution in [3.63, 3.8) is 0 Å². The molecule has 6 heteroatoms. The van der Waals surface area contributed by atoms with E-state index in [2.05, 4.69) is 12.2 Å². The van der Waals surface area contributed by atoms with Crippen molar-refractivity contribution in [2.45, 2.75) is 43.9 Å². The van der Waals surface area contributed by atoms with Crippen LogP contribution in [0.4, 0.5) is 0 Å². The first-order valence-electron chi connectivity index (χ1n) is 8.02. The lowest BCUT2D eigenvalue weighted by Crippen LogP contribution is -2.39. The molecule has 2 atom stereocenters. The zero-order chi connectivity index (χ0) is 16.7. The molecule has 1 aromatic rings. The average molecular weight is 336 g/mol. The Kier molecular flexibility index (Phi) is 6.77. The molecule has 1 fully saturated rings. The lowest BCUT2D eigenvalue weighted by atomic mass is 9.94. The van der Waals surface area contributed by atoms with Gasteiger partial charge in [-0.2, -0.15) is 11.8 Å². The fraction of sp³-hybridized carbons (Fsp3) is 0.529. The van der Waals surface area contributed by atoms with E-state index in [9.17, 15) is 9.59 Å². The fourth-order valence-electron chi connectivity index (χ4n) is 2.79. The van der Waals surface area contributed by atoms with Crippen LogP contribution in [0, 0.1) is 0 Å². The topological polar surface area (TPSA) is 81.4 Å². The summed E-state index contributed by atoms with van der Waals surface area (Å²) < 4.78 is 5.18. The molecule has 2 amide bonds. The van der Waals surface area contributed by atoms with E-state index in [0.29, 0.717) is 16.6 Å². The van der Waals surface area contributed by atoms with Gasteiger partial charge in [0, 0.05) is 16.9 Å². The molecule has 5 nitrogen and oxygen atoms in total. The van der Waals surface area contributed by atoms with Gasteiger partial charge in [-0.3, -0.25) is 9.59 Å². The second kappa shape index (κ2) is 8.82. The van der Waals surface area contributed by atoms with Gasteiger partial charge in [-0.25, -0.2) is 0 Å². The average Bonchev–Trinajstić information content (AvgIpc) is 2.54. The number of amides is 2. The Balaban J connectivity index is 1.86. The van der Waals surface area contributed by atoms with Gasteiger partial charge >= 0.3 is 0 Å². The van der Waals surface area contributed by atoms with Crippen LogP contribution in [-0.4, -0.2) is 35.5 Å². The molecule has 23 heavy (non-hydrogen) atoms. The van der Waals surface area contributed by atoms with E-state index in [-0.39, 0.29) is 18.6 Å². The molecule has 2 rings (SSSR count). The Bertz CT molecular complexity index is 531. The highest BCUT2D eigenvalue weighted by atomic mass is 32.2. The van der Waals surface area contributed by atoms with Gasteiger partial charge in [0.25, 0.3) is 11.8 Å². The van der Waals surface area contributed by atoms with E-state index in [1.807, 2.05) is 11.8 Å². The summed E-state index contributed by atoms with van der Waals surface area (Å²) in [5.41, 5.74) is 5.62. The minimum atomic E-state index is -0.524. The number of benzene rings is 1. The predicted molar refractivity (Wildman–Crippen MR) is 92.8 cm³/mol. The maximum Gasteiger partial charge on any atom is 0.255 e. The SMILES string of the molecule is CCSC1CCCC(NC(=O)c2ccc(OCC(N)=O)cc2)C1. The van der Waals surface area contributed by atoms with Gasteiger partial charge in [-0.05, 0) is 49.3 Å². The Morgan fingerprint density at radius 3 is 2.70 bits per heavy atom. The van der Waals surface area contributed by atoms with Crippen LogP contribution >= 0.6 is 11.8 Å². The van der Waals surface area contributed by atoms with Crippen LogP contribution in [-0.2, 0) is 4.79 Å². The van der Waals surface area contributed by atoms with Crippen molar-refractivity contribution in [1.29, 1.82) is 0 Å². The quantitative estimate of drug-likeness (QED) is 0.801. The summed E-state index contributed by atoms with van der Waals surface area (Å²) in [5.74, 6) is 1.07. The summed E-state index contributed by atoms with van der Waals surface area (Å²) in [7, 11) is 0. The monoisotopic (exact) mass is 336 g/mol. The zero-order valence-corrected chi connectivity index (χ0v) is 14.2. The van der Waals surface area contributed by atoms with Crippen LogP contribution in [0.5, 0.6) is 5.75 Å². The van der Waals surface area contributed by atoms with E-state index >= 15 is 0 Å². The number of carbonyl (C=O) groups is 2. The second-order valence-electron chi connectivity index (χ2n) is 5.69. The summed E-state index contributed by atoms with van der Waals surface area (Å²) in [6, 6.07) is 7.01. The summed E-state index contributed by atoms with van der Waals surface area (Å²) in [5, 5.41) is 3.78. The standard InChI is InChI=1S/C17H24N2O3S/c1-2-23-15-5-3-4-13(10-15)19-17(21)12-6-8-14(9-7-12)22-11-16(18)20/h6-9,13,15H,2-5,10-11H2,1H3,(H2,18,20)(H,19,21). The molecule has 1 aliphatic carbocycles. The van der Waals surface area contributed by atoms with Crippen molar-refractivity contribution in [1.82, 2.24) is 5.32 Å². The first-order valence-corrected chi connectivity index (χ1v) is 9.07. The molecule has 1 aliphatic rings. The van der Waals surface area contributed by atoms with Gasteiger partial charge in [0.2, 0.25) is 0 Å². The van der Waals surface area contributed by atoms with Crippen molar-refractivity contribution in [3.8, 4) is 5.75 Å². The molecule has 126 valence electrons. The summed E-state index contributed by atoms with van der Waals surface area (Å²) in [4.78, 5) is 23.0. The van der Waals surface area contributed by atoms with Crippen LogP contribution < -0.4 is 15.8 Å². The number of rotatable bonds is 7. The third-order valence-corrected chi connectivity index (χ3v) is 5.09. The molecule has 0 aromatic heterocycles. The van der Waals surface area contributed by atoms with Crippen molar-refractivity contribution in [3.05, 3.63) is 29.8 Å². The number of primary amides is 1. The molecule has 0 saturated heterocycles. The zero-order valence-electron chi connectivity index (χ0n) is 13.4. The van der Waals surface area contributed by atoms with Crippen LogP contribution in [0.3, 0.4) is 0 Å². The number of ether oxygens (including phenoxy) is 1. The first kappa shape index (κ1) is 17.7. The van der Waals surface area contributed by atoms with Gasteiger partial charge in [0.15, 0.2) is 6.61 Å². The minimum Gasteiger partial charge on any atom is -0.484 e. The third-order valence-electron chi connectivity index (χ3n) is 3.86. The van der Waals surface area contributed by atoms with Crippen molar-refractivity contribution in [2.75, 3.05) is 12.4 Å². The number of nitrogens with one attached hydrogen (secondary N) is 1. The van der Waals surface area contributed by atoms with Crippen molar-refractivity contribution < 1.29 is 14.3 Å². The maximum atomic E-state index is 12.3. The molecule has 1 aromatic carbocycles. The highest BCUT2D eigenvalue weighted by molar-refractivity contribution is 7.99. The largest absolute Gasteiger partial charge is 0.484 e. The Hall–Kier alpha value is -1.69. The molecule has 3 N–H and O–H groups in total. The Morgan fingerprint density at radius 2 is 2.04 bits per heavy atom. The van der Waals surface area contributed by atoms with E-state index in [0.717, 1.165) is 18.6 Å². The number of hydrogen-bond acceptors (Lipinski definition) is 4. The highest BCUT2D eigenvalue weighted by Crippen LogP contribution is 2.28. The molecular weight excluding hydrogens is 312 g/mol. The molecule has 0 aliphatic heterocycles. The van der Waals surface area contributed by atoms with Crippen LogP contribution in [0.1, 0.15) is 43.0 Å². The molecule has 0 bridgehead atoms. The molecule has 1 saturated carbocycles. The lowest BCUT2D eigenvalue weighted by Gasteiger charge is -2.29. The van der Waals surface area contributed by atoms with Crippen LogP contribution in [0.15, 0.2) is 24.3 Å². The summed E-state index contributed by atoms with van der Waals surface area (Å²) >= 11 is 1.98. The molecule has 2 unspecified atom stereocenters. The number of thioether (sulfide) groups is 1. The van der Waals surface area contributed by atoms with Gasteiger partial charge in [-0.1, -0.05) is 13.3 Å². The number of hydrogen-bond donors (Lipinski definition) is 2. The molecular formula is C17H24N2O3S. The molecule has 0 radical (unpaired) electrons. The van der Waals surface area contributed by atoms with Crippen molar-refractivity contribution >= 4 is 23.6 Å². The van der Waals surface area contributed by atoms with Gasteiger partial charge < -0.3 is 15.8 Å². The predicted octanol–water partition coefficient (Wildman–Crippen LogP) is 2.34. The van der Waals surface area contributed by atoms with E-state index < -0.39 is 5.91 Å². The summed E-state index contributed by atoms with van der Waals surface area (Å²) in [6.45, 7) is 2.01. The summed E-state index contributed by atoms with van der Waals surface area (Å²) in [6.07, 6.45) is 4.51. The minimum absolute atomic E-state index is 0.0569. The molecule has 0 heterocycles. The number of nitrogens with two attached hydrogens (primary N) is 1. The van der Waals surface area contributed by atoms with E-state index in [1.165, 1.54) is 12.8 Å². The normalized spacial score (nSPS) is 20.7. The van der Waals surface area contributed by atoms with Gasteiger partial charge in [-0.15, -0.1) is 0 Å².